The minimum Gasteiger partial charge on any atom is -0.332 e. The van der Waals surface area contributed by atoms with Gasteiger partial charge in [0, 0.05) is 29.5 Å². The number of imidazole rings is 1. The van der Waals surface area contributed by atoms with E-state index in [0.29, 0.717) is 12.4 Å². The molecule has 20 heavy (non-hydrogen) atoms. The number of aromatic nitrogens is 2. The number of hydrogen-bond acceptors (Lipinski definition) is 1. The van der Waals surface area contributed by atoms with E-state index < -0.39 is 11.7 Å². The predicted octanol–water partition coefficient (Wildman–Crippen LogP) is 4.75. The number of alkyl halides is 3. The van der Waals surface area contributed by atoms with Crippen molar-refractivity contribution in [3.63, 3.8) is 0 Å². The van der Waals surface area contributed by atoms with Crippen LogP contribution >= 0.6 is 11.6 Å². The summed E-state index contributed by atoms with van der Waals surface area (Å²) in [4.78, 5) is 4.08. The first-order chi connectivity index (χ1) is 9.43. The molecule has 0 atom stereocenters. The molecule has 0 N–H and O–H groups in total. The van der Waals surface area contributed by atoms with Crippen LogP contribution in [0.5, 0.6) is 0 Å². The van der Waals surface area contributed by atoms with E-state index in [9.17, 15) is 13.2 Å². The maximum absolute atomic E-state index is 12.9. The fourth-order valence-electron chi connectivity index (χ4n) is 1.86. The Morgan fingerprint density at radius 1 is 1.30 bits per heavy atom. The van der Waals surface area contributed by atoms with Gasteiger partial charge in [-0.05, 0) is 31.2 Å². The molecule has 2 aromatic rings. The molecule has 0 fully saturated rings. The van der Waals surface area contributed by atoms with Crippen LogP contribution in [0.15, 0.2) is 30.6 Å². The molecule has 2 nitrogen and oxygen atoms in total. The molecule has 0 spiro atoms. The summed E-state index contributed by atoms with van der Waals surface area (Å²) in [6, 6.07) is 3.73. The Bertz CT molecular complexity index is 630. The van der Waals surface area contributed by atoms with Crippen LogP contribution in [0.2, 0.25) is 5.02 Å². The third kappa shape index (κ3) is 3.04. The molecule has 0 aliphatic rings. The van der Waals surface area contributed by atoms with Gasteiger partial charge in [-0.3, -0.25) is 0 Å². The van der Waals surface area contributed by atoms with Gasteiger partial charge in [0.2, 0.25) is 0 Å². The quantitative estimate of drug-likeness (QED) is 0.800. The molecule has 106 valence electrons. The second kappa shape index (κ2) is 5.71. The molecule has 0 aliphatic carbocycles. The molecule has 1 heterocycles. The highest BCUT2D eigenvalue weighted by Gasteiger charge is 2.33. The van der Waals surface area contributed by atoms with Crippen LogP contribution < -0.4 is 0 Å². The van der Waals surface area contributed by atoms with E-state index in [1.54, 1.807) is 12.4 Å². The zero-order valence-electron chi connectivity index (χ0n) is 10.7. The minimum atomic E-state index is -4.44. The average Bonchev–Trinajstić information content (AvgIpc) is 2.83. The molecular formula is C14H12ClF3N2. The van der Waals surface area contributed by atoms with Crippen molar-refractivity contribution in [2.75, 3.05) is 0 Å². The molecule has 0 amide bonds. The van der Waals surface area contributed by atoms with Crippen molar-refractivity contribution in [3.05, 3.63) is 52.6 Å². The van der Waals surface area contributed by atoms with Gasteiger partial charge in [0.15, 0.2) is 0 Å². The van der Waals surface area contributed by atoms with Gasteiger partial charge in [0.25, 0.3) is 0 Å². The van der Waals surface area contributed by atoms with Gasteiger partial charge in [-0.1, -0.05) is 17.7 Å². The molecule has 0 aliphatic heterocycles. The summed E-state index contributed by atoms with van der Waals surface area (Å²) >= 11 is 5.87. The van der Waals surface area contributed by atoms with E-state index in [4.69, 9.17) is 11.6 Å². The molecule has 0 bridgehead atoms. The zero-order valence-corrected chi connectivity index (χ0v) is 11.4. The zero-order chi connectivity index (χ0) is 14.8. The summed E-state index contributed by atoms with van der Waals surface area (Å²) in [5.41, 5.74) is -0.803. The van der Waals surface area contributed by atoms with Crippen molar-refractivity contribution in [2.45, 2.75) is 19.6 Å². The lowest BCUT2D eigenvalue weighted by Crippen LogP contribution is -2.07. The Morgan fingerprint density at radius 3 is 2.70 bits per heavy atom. The second-order valence-corrected chi connectivity index (χ2v) is 4.51. The van der Waals surface area contributed by atoms with Crippen LogP contribution in [0.1, 0.15) is 23.9 Å². The molecule has 0 saturated carbocycles. The van der Waals surface area contributed by atoms with Crippen LogP contribution in [0, 0.1) is 0 Å². The second-order valence-electron chi connectivity index (χ2n) is 4.10. The first kappa shape index (κ1) is 14.7. The average molecular weight is 301 g/mol. The van der Waals surface area contributed by atoms with Crippen molar-refractivity contribution in [3.8, 4) is 0 Å². The number of rotatable bonds is 3. The smallest absolute Gasteiger partial charge is 0.332 e. The lowest BCUT2D eigenvalue weighted by Gasteiger charge is -2.11. The largest absolute Gasteiger partial charge is 0.417 e. The topological polar surface area (TPSA) is 17.8 Å². The molecule has 6 heteroatoms. The summed E-state index contributed by atoms with van der Waals surface area (Å²) in [6.45, 7) is 2.62. The number of halogens is 4. The predicted molar refractivity (Wildman–Crippen MR) is 73.3 cm³/mol. The first-order valence-corrected chi connectivity index (χ1v) is 6.36. The number of hydrogen-bond donors (Lipinski definition) is 0. The van der Waals surface area contributed by atoms with E-state index in [0.717, 1.165) is 6.07 Å². The highest BCUT2D eigenvalue weighted by molar-refractivity contribution is 6.32. The first-order valence-electron chi connectivity index (χ1n) is 5.98. The third-order valence-electron chi connectivity index (χ3n) is 2.85. The summed E-state index contributed by atoms with van der Waals surface area (Å²) in [7, 11) is 0. The summed E-state index contributed by atoms with van der Waals surface area (Å²) in [5.74, 6) is 0.584. The Morgan fingerprint density at radius 2 is 2.05 bits per heavy atom. The van der Waals surface area contributed by atoms with Crippen molar-refractivity contribution >= 4 is 23.8 Å². The van der Waals surface area contributed by atoms with E-state index in [1.165, 1.54) is 24.3 Å². The van der Waals surface area contributed by atoms with Crippen molar-refractivity contribution < 1.29 is 13.2 Å². The van der Waals surface area contributed by atoms with E-state index in [2.05, 4.69) is 4.98 Å². The molecule has 1 aromatic carbocycles. The highest BCUT2D eigenvalue weighted by Crippen LogP contribution is 2.35. The van der Waals surface area contributed by atoms with Gasteiger partial charge in [-0.15, -0.1) is 0 Å². The molecule has 2 rings (SSSR count). The lowest BCUT2D eigenvalue weighted by atomic mass is 10.1. The van der Waals surface area contributed by atoms with Gasteiger partial charge >= 0.3 is 6.18 Å². The third-order valence-corrected chi connectivity index (χ3v) is 3.18. The monoisotopic (exact) mass is 300 g/mol. The Kier molecular flexibility index (Phi) is 4.18. The van der Waals surface area contributed by atoms with E-state index in [1.807, 2.05) is 11.5 Å². The lowest BCUT2D eigenvalue weighted by molar-refractivity contribution is -0.137. The summed E-state index contributed by atoms with van der Waals surface area (Å²) in [6.07, 6.45) is 1.79. The number of aryl methyl sites for hydroxylation is 1. The van der Waals surface area contributed by atoms with Gasteiger partial charge in [-0.25, -0.2) is 4.98 Å². The molecule has 0 radical (unpaired) electrons. The summed E-state index contributed by atoms with van der Waals surface area (Å²) in [5, 5.41) is 0.0608. The fraction of sp³-hybridized carbons (Fsp3) is 0.214. The minimum absolute atomic E-state index is 0.0488. The van der Waals surface area contributed by atoms with E-state index in [-0.39, 0.29) is 10.6 Å². The highest BCUT2D eigenvalue weighted by atomic mass is 35.5. The van der Waals surface area contributed by atoms with Crippen molar-refractivity contribution in [2.24, 2.45) is 0 Å². The van der Waals surface area contributed by atoms with Crippen LogP contribution in [-0.4, -0.2) is 9.55 Å². The van der Waals surface area contributed by atoms with Gasteiger partial charge < -0.3 is 4.57 Å². The fourth-order valence-corrected chi connectivity index (χ4v) is 2.10. The van der Waals surface area contributed by atoms with Crippen LogP contribution in [0.25, 0.3) is 12.2 Å². The Hall–Kier alpha value is -1.75. The maximum Gasteiger partial charge on any atom is 0.417 e. The Labute approximate surface area is 119 Å². The van der Waals surface area contributed by atoms with Gasteiger partial charge in [-0.2, -0.15) is 13.2 Å². The molecule has 0 saturated heterocycles. The van der Waals surface area contributed by atoms with Crippen molar-refractivity contribution in [1.82, 2.24) is 9.55 Å². The maximum atomic E-state index is 12.9. The van der Waals surface area contributed by atoms with Crippen LogP contribution in [0.4, 0.5) is 13.2 Å². The standard InChI is InChI=1S/C14H12ClF3N2/c1-2-20-9-8-19-13(20)7-6-10-11(14(16,17)18)4-3-5-12(10)15/h3-9H,2H2,1H3. The molecular weight excluding hydrogens is 289 g/mol. The van der Waals surface area contributed by atoms with Crippen molar-refractivity contribution in [1.29, 1.82) is 0 Å². The van der Waals surface area contributed by atoms with Crippen LogP contribution in [-0.2, 0) is 12.7 Å². The Balaban J connectivity index is 2.43. The van der Waals surface area contributed by atoms with Gasteiger partial charge in [0.1, 0.15) is 5.82 Å². The number of nitrogens with zero attached hydrogens (tertiary/aromatic N) is 2. The van der Waals surface area contributed by atoms with E-state index >= 15 is 0 Å². The number of benzene rings is 1. The summed E-state index contributed by atoms with van der Waals surface area (Å²) < 4.78 is 40.6. The van der Waals surface area contributed by atoms with Crippen LogP contribution in [0.3, 0.4) is 0 Å². The SMILES string of the molecule is CCn1ccnc1C=Cc1c(Cl)cccc1C(F)(F)F. The molecule has 1 aromatic heterocycles. The normalized spacial score (nSPS) is 12.2. The van der Waals surface area contributed by atoms with Gasteiger partial charge in [0.05, 0.1) is 5.56 Å². The molecule has 0 unspecified atom stereocenters.